The Labute approximate surface area is 371 Å². The molecule has 332 valence electrons. The van der Waals surface area contributed by atoms with Crippen LogP contribution >= 0.6 is 0 Å². The first-order chi connectivity index (χ1) is 30.9. The molecule has 9 rings (SSSR count). The van der Waals surface area contributed by atoms with Crippen molar-refractivity contribution in [1.82, 2.24) is 35.0 Å². The van der Waals surface area contributed by atoms with Gasteiger partial charge < -0.3 is 24.8 Å². The van der Waals surface area contributed by atoms with E-state index in [4.69, 9.17) is 4.74 Å². The number of urea groups is 1. The van der Waals surface area contributed by atoms with E-state index in [0.29, 0.717) is 59.6 Å². The van der Waals surface area contributed by atoms with Crippen LogP contribution in [0.3, 0.4) is 0 Å². The fourth-order valence-corrected chi connectivity index (χ4v) is 10.0. The normalized spacial score (nSPS) is 23.9. The Morgan fingerprint density at radius 2 is 1.70 bits per heavy atom. The van der Waals surface area contributed by atoms with Crippen LogP contribution in [-0.4, -0.2) is 128 Å². The molecule has 17 nitrogen and oxygen atoms in total. The Morgan fingerprint density at radius 1 is 0.953 bits per heavy atom. The molecule has 3 saturated heterocycles. The molecule has 4 aromatic rings. The number of nitriles is 1. The third-order valence-electron chi connectivity index (χ3n) is 13.6. The van der Waals surface area contributed by atoms with E-state index in [1.807, 2.05) is 36.1 Å². The molecule has 0 radical (unpaired) electrons. The molecule has 6 heterocycles. The van der Waals surface area contributed by atoms with Crippen molar-refractivity contribution >= 4 is 57.9 Å². The van der Waals surface area contributed by atoms with Crippen LogP contribution in [0.2, 0.25) is 0 Å². The Bertz CT molecular complexity index is 2530. The zero-order valence-corrected chi connectivity index (χ0v) is 36.6. The van der Waals surface area contributed by atoms with E-state index >= 15 is 0 Å². The Balaban J connectivity index is 0.732. The average molecular weight is 868 g/mol. The third-order valence-corrected chi connectivity index (χ3v) is 13.6. The van der Waals surface area contributed by atoms with Crippen molar-refractivity contribution < 1.29 is 28.7 Å². The maximum atomic E-state index is 13.6. The average Bonchev–Trinajstić information content (AvgIpc) is 3.52. The van der Waals surface area contributed by atoms with Crippen LogP contribution < -0.4 is 25.2 Å². The highest BCUT2D eigenvalue weighted by Crippen LogP contribution is 2.36. The first-order valence-corrected chi connectivity index (χ1v) is 22.3. The van der Waals surface area contributed by atoms with Gasteiger partial charge in [-0.05, 0) is 95.3 Å². The number of rotatable bonds is 10. The second-order valence-corrected chi connectivity index (χ2v) is 18.1. The van der Waals surface area contributed by atoms with Crippen LogP contribution in [0.5, 0.6) is 5.75 Å². The number of hydrogen-bond acceptors (Lipinski definition) is 13. The lowest BCUT2D eigenvalue weighted by Crippen LogP contribution is -2.59. The summed E-state index contributed by atoms with van der Waals surface area (Å²) in [6.45, 7) is 12.4. The maximum absolute atomic E-state index is 13.6. The van der Waals surface area contributed by atoms with E-state index < -0.39 is 29.7 Å². The number of nitrogens with one attached hydrogen (secondary N) is 2. The smallest absolute Gasteiger partial charge is 0.322 e. The zero-order valence-electron chi connectivity index (χ0n) is 36.6. The second-order valence-electron chi connectivity index (χ2n) is 18.1. The van der Waals surface area contributed by atoms with E-state index in [0.717, 1.165) is 61.3 Å². The molecular weight excluding hydrogens is 815 g/mol. The number of amides is 6. The summed E-state index contributed by atoms with van der Waals surface area (Å²) in [4.78, 5) is 87.7. The molecule has 0 unspecified atom stereocenters. The van der Waals surface area contributed by atoms with Crippen molar-refractivity contribution in [2.75, 3.05) is 47.8 Å². The molecule has 1 aliphatic carbocycles. The number of anilines is 3. The molecule has 17 heteroatoms. The summed E-state index contributed by atoms with van der Waals surface area (Å²) < 4.78 is 6.30. The molecule has 2 aromatic heterocycles. The summed E-state index contributed by atoms with van der Waals surface area (Å²) in [7, 11) is 0. The number of imide groups is 2. The Morgan fingerprint density at radius 3 is 2.42 bits per heavy atom. The largest absolute Gasteiger partial charge is 0.490 e. The van der Waals surface area contributed by atoms with Crippen LogP contribution in [0.15, 0.2) is 61.1 Å². The first-order valence-electron chi connectivity index (χ1n) is 22.3. The number of piperidine rings is 2. The maximum Gasteiger partial charge on any atom is 0.322 e. The number of pyridine rings is 1. The van der Waals surface area contributed by atoms with Gasteiger partial charge >= 0.3 is 6.03 Å². The monoisotopic (exact) mass is 867 g/mol. The van der Waals surface area contributed by atoms with Gasteiger partial charge in [-0.25, -0.2) is 14.8 Å². The summed E-state index contributed by atoms with van der Waals surface area (Å²) in [6, 6.07) is 14.3. The van der Waals surface area contributed by atoms with Gasteiger partial charge in [-0.3, -0.25) is 39.3 Å². The van der Waals surface area contributed by atoms with E-state index in [1.54, 1.807) is 36.8 Å². The van der Waals surface area contributed by atoms with Crippen molar-refractivity contribution in [2.45, 2.75) is 103 Å². The fraction of sp³-hybridized carbons (Fsp3) is 0.468. The summed E-state index contributed by atoms with van der Waals surface area (Å²) in [5.74, 6) is -0.434. The third kappa shape index (κ3) is 8.18. The summed E-state index contributed by atoms with van der Waals surface area (Å²) in [5.41, 5.74) is 3.22. The number of hydrogen-bond donors (Lipinski definition) is 2. The van der Waals surface area contributed by atoms with Gasteiger partial charge in [0.2, 0.25) is 17.8 Å². The minimum absolute atomic E-state index is 0.0224. The van der Waals surface area contributed by atoms with Crippen LogP contribution in [-0.2, 0) is 9.59 Å². The van der Waals surface area contributed by atoms with Crippen molar-refractivity contribution in [3.8, 4) is 11.8 Å². The van der Waals surface area contributed by atoms with Crippen molar-refractivity contribution in [1.29, 1.82) is 5.26 Å². The van der Waals surface area contributed by atoms with Crippen LogP contribution in [0, 0.1) is 17.2 Å². The van der Waals surface area contributed by atoms with Gasteiger partial charge in [0.15, 0.2) is 0 Å². The number of aromatic nitrogens is 3. The predicted octanol–water partition coefficient (Wildman–Crippen LogP) is 4.97. The lowest BCUT2D eigenvalue weighted by Gasteiger charge is -2.46. The molecule has 2 N–H and O–H groups in total. The molecule has 1 saturated carbocycles. The number of carbonyl (C=O) groups is 5. The minimum atomic E-state index is -1.01. The number of piperazine rings is 1. The number of benzene rings is 2. The molecule has 0 spiro atoms. The number of carbonyl (C=O) groups excluding carboxylic acids is 5. The van der Waals surface area contributed by atoms with E-state index in [2.05, 4.69) is 67.1 Å². The van der Waals surface area contributed by atoms with Crippen molar-refractivity contribution in [2.24, 2.45) is 5.92 Å². The molecule has 2 aromatic carbocycles. The lowest BCUT2D eigenvalue weighted by molar-refractivity contribution is -0.136. The summed E-state index contributed by atoms with van der Waals surface area (Å²) in [5, 5.41) is 15.8. The summed E-state index contributed by atoms with van der Waals surface area (Å²) >= 11 is 0. The topological polar surface area (TPSA) is 197 Å². The van der Waals surface area contributed by atoms with Crippen LogP contribution in [0.25, 0.3) is 10.9 Å². The minimum Gasteiger partial charge on any atom is -0.490 e. The molecule has 6 amide bonds. The molecule has 4 fully saturated rings. The molecule has 5 aliphatic rings. The van der Waals surface area contributed by atoms with E-state index in [9.17, 15) is 29.2 Å². The van der Waals surface area contributed by atoms with Gasteiger partial charge in [-0.15, -0.1) is 0 Å². The van der Waals surface area contributed by atoms with E-state index in [-0.39, 0.29) is 48.2 Å². The highest BCUT2D eigenvalue weighted by atomic mass is 16.5. The predicted molar refractivity (Wildman–Crippen MR) is 238 cm³/mol. The van der Waals surface area contributed by atoms with Crippen LogP contribution in [0.1, 0.15) is 92.5 Å². The molecule has 64 heavy (non-hydrogen) atoms. The quantitative estimate of drug-likeness (QED) is 0.203. The Hall–Kier alpha value is -6.67. The fourth-order valence-electron chi connectivity index (χ4n) is 10.0. The molecule has 3 atom stereocenters. The van der Waals surface area contributed by atoms with Crippen molar-refractivity contribution in [3.63, 3.8) is 0 Å². The van der Waals surface area contributed by atoms with Gasteiger partial charge in [0, 0.05) is 93.4 Å². The SMILES string of the molecule is CC(C)N(CC1CCN(c2ncc(NC(=O)N3C[C@H](C)N(c4ccc(C#N)c5ncccc45)C[C@H]3C)cn2)CC1)C1CC(Oc2ccc3c(c2)C(=O)N([C@@H]2CCC(=O)NC2=O)C3=O)C1. The van der Waals surface area contributed by atoms with Crippen molar-refractivity contribution in [3.05, 3.63) is 77.7 Å². The summed E-state index contributed by atoms with van der Waals surface area (Å²) in [6.07, 6.45) is 8.93. The number of fused-ring (bicyclic) bond motifs is 2. The van der Waals surface area contributed by atoms with Gasteiger partial charge in [-0.1, -0.05) is 0 Å². The van der Waals surface area contributed by atoms with Gasteiger partial charge in [0.25, 0.3) is 11.8 Å². The van der Waals surface area contributed by atoms with Gasteiger partial charge in [0.05, 0.1) is 40.3 Å². The standard InChI is InChI=1S/C47H53N11O6/c1-27(2)55(33-18-35(19-33)64-34-8-9-36-38(20-34)45(62)58(44(36)61)40-11-12-41(59)53-43(40)60)26-30-13-16-54(17-14-30)46-50-22-32(23-51-46)52-47(63)57-25-28(3)56(24-29(57)4)39-10-7-31(21-48)42-37(39)6-5-15-49-42/h5-10,15,20,22-23,27-30,33,35,40H,11-14,16-19,24-26H2,1-4H3,(H,52,63)(H,53,59,60)/t28-,29+,33?,35?,40+/m0/s1. The molecular formula is C47H53N11O6. The number of ether oxygens (including phenoxy) is 1. The second kappa shape index (κ2) is 17.5. The van der Waals surface area contributed by atoms with Crippen LogP contribution in [0.4, 0.5) is 22.1 Å². The molecule has 0 bridgehead atoms. The van der Waals surface area contributed by atoms with Gasteiger partial charge in [0.1, 0.15) is 24.0 Å². The highest BCUT2D eigenvalue weighted by molar-refractivity contribution is 6.23. The Kier molecular flexibility index (Phi) is 11.6. The molecule has 4 aliphatic heterocycles. The number of nitrogens with zero attached hydrogens (tertiary/aromatic N) is 9. The lowest BCUT2D eigenvalue weighted by atomic mass is 9.85. The van der Waals surface area contributed by atoms with Gasteiger partial charge in [-0.2, -0.15) is 5.26 Å². The first kappa shape index (κ1) is 42.6. The zero-order chi connectivity index (χ0) is 44.8. The van der Waals surface area contributed by atoms with E-state index in [1.165, 1.54) is 0 Å². The highest BCUT2D eigenvalue weighted by Gasteiger charge is 2.45.